The molecule has 0 saturated carbocycles. The summed E-state index contributed by atoms with van der Waals surface area (Å²) in [5.74, 6) is -0.746. The lowest BCUT2D eigenvalue weighted by Gasteiger charge is -2.18. The first-order chi connectivity index (χ1) is 9.32. The average Bonchev–Trinajstić information content (AvgIpc) is 2.76. The molecule has 0 radical (unpaired) electrons. The minimum absolute atomic E-state index is 0.0571. The van der Waals surface area contributed by atoms with Gasteiger partial charge in [0.05, 0.1) is 12.7 Å². The fourth-order valence-corrected chi connectivity index (χ4v) is 1.82. The fourth-order valence-electron chi connectivity index (χ4n) is 1.82. The maximum atomic E-state index is 11.8. The van der Waals surface area contributed by atoms with Crippen molar-refractivity contribution in [3.05, 3.63) is 12.3 Å². The molecule has 7 heteroatoms. The lowest BCUT2D eigenvalue weighted by atomic mass is 10.1. The molecule has 0 aliphatic heterocycles. The smallest absolute Gasteiger partial charge is 0.320 e. The largest absolute Gasteiger partial charge is 0.480 e. The van der Waals surface area contributed by atoms with Crippen LogP contribution in [0.15, 0.2) is 12.3 Å². The standard InChI is InChI=1S/C13H22N4O3/c1-8(2)12(13(19)20)14-7-11(18)16-10-5-6-15-17(10)9(3)4/h5-6,8-9,12,14H,7H2,1-4H3,(H,16,18)(H,19,20). The number of hydrogen-bond acceptors (Lipinski definition) is 4. The predicted molar refractivity (Wildman–Crippen MR) is 75.5 cm³/mol. The number of hydrogen-bond donors (Lipinski definition) is 3. The van der Waals surface area contributed by atoms with Gasteiger partial charge in [0.25, 0.3) is 0 Å². The van der Waals surface area contributed by atoms with Crippen molar-refractivity contribution in [1.29, 1.82) is 0 Å². The molecular weight excluding hydrogens is 260 g/mol. The summed E-state index contributed by atoms with van der Waals surface area (Å²) in [5.41, 5.74) is 0. The Labute approximate surface area is 118 Å². The van der Waals surface area contributed by atoms with Crippen LogP contribution in [0.4, 0.5) is 5.82 Å². The molecule has 0 bridgehead atoms. The zero-order valence-corrected chi connectivity index (χ0v) is 12.3. The van der Waals surface area contributed by atoms with Crippen LogP contribution in [0.5, 0.6) is 0 Å². The Morgan fingerprint density at radius 3 is 2.50 bits per heavy atom. The van der Waals surface area contributed by atoms with Gasteiger partial charge in [0.2, 0.25) is 5.91 Å². The van der Waals surface area contributed by atoms with Gasteiger partial charge in [-0.1, -0.05) is 13.8 Å². The van der Waals surface area contributed by atoms with Gasteiger partial charge in [0.1, 0.15) is 11.9 Å². The van der Waals surface area contributed by atoms with Gasteiger partial charge >= 0.3 is 5.97 Å². The number of carboxylic acid groups (broad SMARTS) is 1. The number of aliphatic carboxylic acids is 1. The monoisotopic (exact) mass is 282 g/mol. The molecule has 112 valence electrons. The van der Waals surface area contributed by atoms with Crippen molar-refractivity contribution in [2.45, 2.75) is 39.8 Å². The van der Waals surface area contributed by atoms with E-state index in [0.29, 0.717) is 5.82 Å². The van der Waals surface area contributed by atoms with Crippen LogP contribution >= 0.6 is 0 Å². The molecule has 1 rings (SSSR count). The summed E-state index contributed by atoms with van der Waals surface area (Å²) in [6, 6.07) is 1.10. The van der Waals surface area contributed by atoms with Crippen molar-refractivity contribution in [3.63, 3.8) is 0 Å². The van der Waals surface area contributed by atoms with Crippen LogP contribution in [0.2, 0.25) is 0 Å². The number of carboxylic acids is 1. The quantitative estimate of drug-likeness (QED) is 0.696. The maximum absolute atomic E-state index is 11.8. The Balaban J connectivity index is 2.55. The van der Waals surface area contributed by atoms with E-state index in [1.807, 2.05) is 13.8 Å². The Morgan fingerprint density at radius 1 is 1.35 bits per heavy atom. The molecule has 1 aromatic heterocycles. The van der Waals surface area contributed by atoms with Crippen LogP contribution in [0, 0.1) is 5.92 Å². The van der Waals surface area contributed by atoms with E-state index in [0.717, 1.165) is 0 Å². The first-order valence-electron chi connectivity index (χ1n) is 6.62. The number of nitrogens with zero attached hydrogens (tertiary/aromatic N) is 2. The number of carbonyl (C=O) groups is 2. The van der Waals surface area contributed by atoms with E-state index < -0.39 is 12.0 Å². The first-order valence-corrected chi connectivity index (χ1v) is 6.62. The molecule has 1 aromatic rings. The second kappa shape index (κ2) is 7.04. The molecule has 1 unspecified atom stereocenters. The van der Waals surface area contributed by atoms with Crippen LogP contribution in [-0.4, -0.2) is 39.4 Å². The number of rotatable bonds is 7. The summed E-state index contributed by atoms with van der Waals surface area (Å²) in [5, 5.41) is 18.6. The van der Waals surface area contributed by atoms with Gasteiger partial charge in [0.15, 0.2) is 0 Å². The van der Waals surface area contributed by atoms with E-state index in [1.54, 1.807) is 30.8 Å². The Morgan fingerprint density at radius 2 is 2.00 bits per heavy atom. The zero-order valence-electron chi connectivity index (χ0n) is 12.3. The second-order valence-corrected chi connectivity index (χ2v) is 5.24. The van der Waals surface area contributed by atoms with Gasteiger partial charge in [-0.2, -0.15) is 5.10 Å². The SMILES string of the molecule is CC(C)C(NCC(=O)Nc1ccnn1C(C)C)C(=O)O. The minimum Gasteiger partial charge on any atom is -0.480 e. The first kappa shape index (κ1) is 16.2. The zero-order chi connectivity index (χ0) is 15.3. The lowest BCUT2D eigenvalue weighted by molar-refractivity contribution is -0.140. The van der Waals surface area contributed by atoms with Gasteiger partial charge < -0.3 is 10.4 Å². The number of aromatic nitrogens is 2. The van der Waals surface area contributed by atoms with Crippen molar-refractivity contribution in [2.75, 3.05) is 11.9 Å². The molecule has 0 aromatic carbocycles. The molecule has 3 N–H and O–H groups in total. The highest BCUT2D eigenvalue weighted by Crippen LogP contribution is 2.12. The highest BCUT2D eigenvalue weighted by Gasteiger charge is 2.21. The highest BCUT2D eigenvalue weighted by molar-refractivity contribution is 5.91. The maximum Gasteiger partial charge on any atom is 0.320 e. The molecule has 0 spiro atoms. The van der Waals surface area contributed by atoms with Gasteiger partial charge in [-0.25, -0.2) is 4.68 Å². The van der Waals surface area contributed by atoms with E-state index in [4.69, 9.17) is 5.11 Å². The molecule has 0 aliphatic carbocycles. The number of carbonyl (C=O) groups excluding carboxylic acids is 1. The van der Waals surface area contributed by atoms with Gasteiger partial charge in [-0.3, -0.25) is 14.9 Å². The van der Waals surface area contributed by atoms with E-state index in [1.165, 1.54) is 0 Å². The molecule has 0 fully saturated rings. The average molecular weight is 282 g/mol. The van der Waals surface area contributed by atoms with E-state index in [9.17, 15) is 9.59 Å². The third-order valence-electron chi connectivity index (χ3n) is 2.84. The number of nitrogens with one attached hydrogen (secondary N) is 2. The molecule has 20 heavy (non-hydrogen) atoms. The van der Waals surface area contributed by atoms with Crippen LogP contribution in [0.3, 0.4) is 0 Å². The van der Waals surface area contributed by atoms with Gasteiger partial charge in [-0.15, -0.1) is 0 Å². The van der Waals surface area contributed by atoms with Crippen LogP contribution in [0.1, 0.15) is 33.7 Å². The Hall–Kier alpha value is -1.89. The number of anilines is 1. The summed E-state index contributed by atoms with van der Waals surface area (Å²) in [4.78, 5) is 22.8. The molecule has 0 aliphatic rings. The minimum atomic E-state index is -0.958. The second-order valence-electron chi connectivity index (χ2n) is 5.24. The van der Waals surface area contributed by atoms with Crippen molar-refractivity contribution >= 4 is 17.7 Å². The van der Waals surface area contributed by atoms with Crippen molar-refractivity contribution in [3.8, 4) is 0 Å². The third-order valence-corrected chi connectivity index (χ3v) is 2.84. The topological polar surface area (TPSA) is 96.3 Å². The predicted octanol–water partition coefficient (Wildman–Crippen LogP) is 1.10. The highest BCUT2D eigenvalue weighted by atomic mass is 16.4. The Bertz CT molecular complexity index is 468. The fraction of sp³-hybridized carbons (Fsp3) is 0.615. The van der Waals surface area contributed by atoms with Crippen LogP contribution in [0.25, 0.3) is 0 Å². The molecule has 1 heterocycles. The summed E-state index contributed by atoms with van der Waals surface area (Å²) in [6.45, 7) is 7.44. The van der Waals surface area contributed by atoms with Crippen molar-refractivity contribution in [1.82, 2.24) is 15.1 Å². The van der Waals surface area contributed by atoms with Gasteiger partial charge in [-0.05, 0) is 19.8 Å². The summed E-state index contributed by atoms with van der Waals surface area (Å²) < 4.78 is 1.69. The molecule has 1 atom stereocenters. The third kappa shape index (κ3) is 4.34. The summed E-state index contributed by atoms with van der Waals surface area (Å²) >= 11 is 0. The van der Waals surface area contributed by atoms with Crippen molar-refractivity contribution < 1.29 is 14.7 Å². The van der Waals surface area contributed by atoms with Crippen LogP contribution < -0.4 is 10.6 Å². The van der Waals surface area contributed by atoms with E-state index >= 15 is 0 Å². The molecule has 7 nitrogen and oxygen atoms in total. The number of amides is 1. The van der Waals surface area contributed by atoms with Crippen LogP contribution in [-0.2, 0) is 9.59 Å². The van der Waals surface area contributed by atoms with E-state index in [2.05, 4.69) is 15.7 Å². The summed E-state index contributed by atoms with van der Waals surface area (Å²) in [6.07, 6.45) is 1.61. The summed E-state index contributed by atoms with van der Waals surface area (Å²) in [7, 11) is 0. The molecular formula is C13H22N4O3. The Kier molecular flexibility index (Phi) is 5.69. The normalized spacial score (nSPS) is 12.7. The van der Waals surface area contributed by atoms with Gasteiger partial charge in [0, 0.05) is 12.1 Å². The molecule has 1 amide bonds. The lowest BCUT2D eigenvalue weighted by Crippen LogP contribution is -2.44. The molecule has 0 saturated heterocycles. The van der Waals surface area contributed by atoms with Crippen molar-refractivity contribution in [2.24, 2.45) is 5.92 Å². The van der Waals surface area contributed by atoms with E-state index in [-0.39, 0.29) is 24.4 Å².